The summed E-state index contributed by atoms with van der Waals surface area (Å²) in [4.78, 5) is 8.89. The van der Waals surface area contributed by atoms with Crippen LogP contribution in [0.2, 0.25) is 5.02 Å². The molecule has 18 heavy (non-hydrogen) atoms. The molecular weight excluding hydrogens is 269 g/mol. The summed E-state index contributed by atoms with van der Waals surface area (Å²) in [6.45, 7) is 6.59. The van der Waals surface area contributed by atoms with Crippen LogP contribution >= 0.6 is 23.2 Å². The van der Waals surface area contributed by atoms with Crippen LogP contribution < -0.4 is 0 Å². The molecule has 0 N–H and O–H groups in total. The van der Waals surface area contributed by atoms with Gasteiger partial charge in [-0.3, -0.25) is 0 Å². The molecule has 0 amide bonds. The highest BCUT2D eigenvalue weighted by Gasteiger charge is 2.17. The third kappa shape index (κ3) is 2.62. The van der Waals surface area contributed by atoms with E-state index in [1.807, 2.05) is 6.07 Å². The van der Waals surface area contributed by atoms with Crippen LogP contribution in [-0.4, -0.2) is 14.5 Å². The Morgan fingerprint density at radius 3 is 2.67 bits per heavy atom. The maximum atomic E-state index is 5.98. The summed E-state index contributed by atoms with van der Waals surface area (Å²) < 4.78 is 2.12. The Morgan fingerprint density at radius 1 is 1.33 bits per heavy atom. The highest BCUT2D eigenvalue weighted by molar-refractivity contribution is 6.31. The fraction of sp³-hybridized carbons (Fsp3) is 0.538. The van der Waals surface area contributed by atoms with E-state index >= 15 is 0 Å². The summed E-state index contributed by atoms with van der Waals surface area (Å²) in [6, 6.07) is 2.16. The third-order valence-corrected chi connectivity index (χ3v) is 3.39. The molecule has 2 aromatic rings. The van der Waals surface area contributed by atoms with E-state index in [1.165, 1.54) is 0 Å². The number of hydrogen-bond acceptors (Lipinski definition) is 2. The molecule has 0 radical (unpaired) electrons. The van der Waals surface area contributed by atoms with Crippen LogP contribution in [0.3, 0.4) is 0 Å². The quantitative estimate of drug-likeness (QED) is 0.778. The van der Waals surface area contributed by atoms with Crippen LogP contribution in [0.4, 0.5) is 0 Å². The number of fused-ring (bicyclic) bond motifs is 1. The lowest BCUT2D eigenvalue weighted by Crippen LogP contribution is -2.11. The van der Waals surface area contributed by atoms with Gasteiger partial charge in [0.25, 0.3) is 0 Å². The molecular formula is C13H17Cl2N3. The largest absolute Gasteiger partial charge is 0.309 e. The molecule has 98 valence electrons. The standard InChI is InChI=1S/C13H17Cl2N3/c1-8(2)4-9(3)18-12(6-14)17-11-5-10(15)7-16-13(11)18/h5,7-9H,4,6H2,1-3H3. The average Bonchev–Trinajstić information content (AvgIpc) is 2.65. The zero-order valence-electron chi connectivity index (χ0n) is 10.8. The normalized spacial score (nSPS) is 13.4. The van der Waals surface area contributed by atoms with Crippen LogP contribution in [0.5, 0.6) is 0 Å². The number of rotatable bonds is 4. The van der Waals surface area contributed by atoms with Crippen LogP contribution in [0.1, 0.15) is 39.1 Å². The van der Waals surface area contributed by atoms with Gasteiger partial charge in [0.15, 0.2) is 5.65 Å². The lowest BCUT2D eigenvalue weighted by Gasteiger charge is -2.18. The van der Waals surface area contributed by atoms with Crippen molar-refractivity contribution in [2.45, 2.75) is 39.1 Å². The predicted molar refractivity (Wildman–Crippen MR) is 76.3 cm³/mol. The summed E-state index contributed by atoms with van der Waals surface area (Å²) in [6.07, 6.45) is 2.72. The van der Waals surface area contributed by atoms with Gasteiger partial charge in [-0.2, -0.15) is 0 Å². The van der Waals surface area contributed by atoms with Crippen LogP contribution in [0, 0.1) is 5.92 Å². The van der Waals surface area contributed by atoms with Crippen molar-refractivity contribution in [3.05, 3.63) is 23.1 Å². The predicted octanol–water partition coefficient (Wildman–Crippen LogP) is 4.43. The highest BCUT2D eigenvalue weighted by Crippen LogP contribution is 2.26. The maximum absolute atomic E-state index is 5.98. The minimum Gasteiger partial charge on any atom is -0.309 e. The van der Waals surface area contributed by atoms with Crippen molar-refractivity contribution >= 4 is 34.4 Å². The number of hydrogen-bond donors (Lipinski definition) is 0. The first kappa shape index (κ1) is 13.6. The molecule has 0 aliphatic carbocycles. The van der Waals surface area contributed by atoms with E-state index in [4.69, 9.17) is 23.2 Å². The highest BCUT2D eigenvalue weighted by atomic mass is 35.5. The van der Waals surface area contributed by atoms with E-state index in [9.17, 15) is 0 Å². The topological polar surface area (TPSA) is 30.7 Å². The first-order chi connectivity index (χ1) is 8.52. The van der Waals surface area contributed by atoms with Crippen molar-refractivity contribution in [2.75, 3.05) is 0 Å². The first-order valence-corrected chi connectivity index (χ1v) is 7.02. The number of halogens is 2. The van der Waals surface area contributed by atoms with Crippen LogP contribution in [0.15, 0.2) is 12.3 Å². The Hall–Kier alpha value is -0.800. The Kier molecular flexibility index (Phi) is 4.13. The number of alkyl halides is 1. The van der Waals surface area contributed by atoms with Gasteiger partial charge in [-0.15, -0.1) is 11.6 Å². The van der Waals surface area contributed by atoms with Crippen molar-refractivity contribution in [1.82, 2.24) is 14.5 Å². The van der Waals surface area contributed by atoms with Crippen molar-refractivity contribution in [3.8, 4) is 0 Å². The number of pyridine rings is 1. The maximum Gasteiger partial charge on any atom is 0.160 e. The molecule has 1 unspecified atom stereocenters. The molecule has 0 bridgehead atoms. The van der Waals surface area contributed by atoms with Gasteiger partial charge >= 0.3 is 0 Å². The fourth-order valence-electron chi connectivity index (χ4n) is 2.35. The van der Waals surface area contributed by atoms with Gasteiger partial charge in [-0.1, -0.05) is 25.4 Å². The van der Waals surface area contributed by atoms with Gasteiger partial charge in [-0.25, -0.2) is 9.97 Å². The summed E-state index contributed by atoms with van der Waals surface area (Å²) >= 11 is 11.9. The second-order valence-electron chi connectivity index (χ2n) is 5.01. The van der Waals surface area contributed by atoms with E-state index in [1.54, 1.807) is 6.20 Å². The van der Waals surface area contributed by atoms with Crippen LogP contribution in [-0.2, 0) is 5.88 Å². The monoisotopic (exact) mass is 285 g/mol. The van der Waals surface area contributed by atoms with Gasteiger partial charge in [0.05, 0.1) is 10.9 Å². The molecule has 0 aliphatic heterocycles. The zero-order chi connectivity index (χ0) is 13.3. The van der Waals surface area contributed by atoms with Crippen molar-refractivity contribution < 1.29 is 0 Å². The molecule has 0 saturated carbocycles. The average molecular weight is 286 g/mol. The van der Waals surface area contributed by atoms with Gasteiger partial charge in [0.2, 0.25) is 0 Å². The van der Waals surface area contributed by atoms with Crippen molar-refractivity contribution in [1.29, 1.82) is 0 Å². The Labute approximate surface area is 117 Å². The zero-order valence-corrected chi connectivity index (χ0v) is 12.3. The van der Waals surface area contributed by atoms with Crippen LogP contribution in [0.25, 0.3) is 11.2 Å². The van der Waals surface area contributed by atoms with E-state index < -0.39 is 0 Å². The molecule has 3 nitrogen and oxygen atoms in total. The summed E-state index contributed by atoms with van der Waals surface area (Å²) in [7, 11) is 0. The molecule has 0 aliphatic rings. The summed E-state index contributed by atoms with van der Waals surface area (Å²) in [5.41, 5.74) is 1.68. The summed E-state index contributed by atoms with van der Waals surface area (Å²) in [5.74, 6) is 1.86. The Bertz CT molecular complexity index is 548. The van der Waals surface area contributed by atoms with Gasteiger partial charge in [0, 0.05) is 12.2 Å². The minimum absolute atomic E-state index is 0.331. The first-order valence-electron chi connectivity index (χ1n) is 6.11. The molecule has 0 spiro atoms. The molecule has 2 rings (SSSR count). The molecule has 0 fully saturated rings. The summed E-state index contributed by atoms with van der Waals surface area (Å²) in [5, 5.41) is 0.602. The molecule has 2 heterocycles. The second kappa shape index (κ2) is 5.45. The minimum atomic E-state index is 0.331. The van der Waals surface area contributed by atoms with E-state index in [-0.39, 0.29) is 0 Å². The van der Waals surface area contributed by atoms with E-state index in [0.29, 0.717) is 22.9 Å². The molecule has 1 atom stereocenters. The Balaban J connectivity index is 2.53. The molecule has 5 heteroatoms. The second-order valence-corrected chi connectivity index (χ2v) is 5.71. The number of nitrogens with zero attached hydrogens (tertiary/aromatic N) is 3. The smallest absolute Gasteiger partial charge is 0.160 e. The fourth-order valence-corrected chi connectivity index (χ4v) is 2.69. The number of aromatic nitrogens is 3. The Morgan fingerprint density at radius 2 is 2.06 bits per heavy atom. The lowest BCUT2D eigenvalue weighted by molar-refractivity contribution is 0.427. The molecule has 0 saturated heterocycles. The third-order valence-electron chi connectivity index (χ3n) is 2.94. The van der Waals surface area contributed by atoms with E-state index in [0.717, 1.165) is 23.4 Å². The van der Waals surface area contributed by atoms with Gasteiger partial charge < -0.3 is 4.57 Å². The van der Waals surface area contributed by atoms with Gasteiger partial charge in [0.1, 0.15) is 11.3 Å². The lowest BCUT2D eigenvalue weighted by atomic mass is 10.1. The molecule has 2 aromatic heterocycles. The SMILES string of the molecule is CC(C)CC(C)n1c(CCl)nc2cc(Cl)cnc21. The van der Waals surface area contributed by atoms with Gasteiger partial charge in [-0.05, 0) is 25.3 Å². The van der Waals surface area contributed by atoms with Crippen molar-refractivity contribution in [2.24, 2.45) is 5.92 Å². The van der Waals surface area contributed by atoms with Crippen molar-refractivity contribution in [3.63, 3.8) is 0 Å². The van der Waals surface area contributed by atoms with E-state index in [2.05, 4.69) is 35.3 Å². The number of imidazole rings is 1. The molecule has 0 aromatic carbocycles.